The number of hydrogen-bond donors (Lipinski definition) is 1. The summed E-state index contributed by atoms with van der Waals surface area (Å²) >= 11 is 15.8. The molecule has 0 saturated carbocycles. The fourth-order valence-electron chi connectivity index (χ4n) is 2.01. The van der Waals surface area contributed by atoms with Crippen molar-refractivity contribution in [2.45, 2.75) is 13.0 Å². The van der Waals surface area contributed by atoms with Crippen LogP contribution in [0.2, 0.25) is 10.0 Å². The molecule has 1 N–H and O–H groups in total. The third-order valence-electron chi connectivity index (χ3n) is 2.90. The van der Waals surface area contributed by atoms with Crippen LogP contribution in [0.3, 0.4) is 0 Å². The maximum atomic E-state index is 6.30. The molecular formula is C15H14BrCl2N. The second-order valence-corrected chi connectivity index (χ2v) is 5.85. The Hall–Kier alpha value is -0.540. The van der Waals surface area contributed by atoms with Gasteiger partial charge in [0, 0.05) is 9.50 Å². The molecule has 2 rings (SSSR count). The summed E-state index contributed by atoms with van der Waals surface area (Å²) in [4.78, 5) is 0. The summed E-state index contributed by atoms with van der Waals surface area (Å²) in [7, 11) is 0. The molecular weight excluding hydrogens is 345 g/mol. The predicted octanol–water partition coefficient (Wildman–Crippen LogP) is 5.45. The first-order valence-electron chi connectivity index (χ1n) is 6.06. The Bertz CT molecular complexity index is 572. The number of rotatable bonds is 4. The molecule has 0 heterocycles. The van der Waals surface area contributed by atoms with E-state index in [1.54, 1.807) is 0 Å². The van der Waals surface area contributed by atoms with E-state index in [0.717, 1.165) is 27.2 Å². The Balaban J connectivity index is 2.45. The third-order valence-corrected chi connectivity index (χ3v) is 4.46. The smallest absolute Gasteiger partial charge is 0.0591 e. The Labute approximate surface area is 132 Å². The van der Waals surface area contributed by atoms with Crippen molar-refractivity contribution in [1.82, 2.24) is 5.32 Å². The Kier molecular flexibility index (Phi) is 5.28. The lowest BCUT2D eigenvalue weighted by atomic mass is 9.98. The minimum Gasteiger partial charge on any atom is -0.306 e. The maximum absolute atomic E-state index is 6.30. The van der Waals surface area contributed by atoms with Gasteiger partial charge >= 0.3 is 0 Å². The molecule has 100 valence electrons. The first-order chi connectivity index (χ1) is 9.13. The van der Waals surface area contributed by atoms with E-state index in [9.17, 15) is 0 Å². The lowest BCUT2D eigenvalue weighted by Gasteiger charge is -2.20. The van der Waals surface area contributed by atoms with Crippen LogP contribution in [0.15, 0.2) is 46.9 Å². The van der Waals surface area contributed by atoms with Crippen LogP contribution < -0.4 is 5.32 Å². The van der Waals surface area contributed by atoms with Gasteiger partial charge in [0.05, 0.1) is 11.1 Å². The highest BCUT2D eigenvalue weighted by molar-refractivity contribution is 9.10. The molecule has 4 heteroatoms. The van der Waals surface area contributed by atoms with E-state index in [-0.39, 0.29) is 6.04 Å². The molecule has 0 spiro atoms. The van der Waals surface area contributed by atoms with E-state index < -0.39 is 0 Å². The molecule has 0 saturated heterocycles. The van der Waals surface area contributed by atoms with Crippen molar-refractivity contribution < 1.29 is 0 Å². The zero-order valence-electron chi connectivity index (χ0n) is 10.5. The van der Waals surface area contributed by atoms with Gasteiger partial charge < -0.3 is 5.32 Å². The van der Waals surface area contributed by atoms with Gasteiger partial charge in [-0.25, -0.2) is 0 Å². The average molecular weight is 359 g/mol. The monoisotopic (exact) mass is 357 g/mol. The van der Waals surface area contributed by atoms with E-state index in [1.807, 2.05) is 42.5 Å². The first-order valence-corrected chi connectivity index (χ1v) is 7.61. The second-order valence-electron chi connectivity index (χ2n) is 4.19. The zero-order chi connectivity index (χ0) is 13.8. The third kappa shape index (κ3) is 3.51. The highest BCUT2D eigenvalue weighted by atomic mass is 79.9. The number of nitrogens with one attached hydrogen (secondary N) is 1. The molecule has 0 aliphatic rings. The average Bonchev–Trinajstić information content (AvgIpc) is 2.40. The van der Waals surface area contributed by atoms with Crippen molar-refractivity contribution in [1.29, 1.82) is 0 Å². The first kappa shape index (κ1) is 14.9. The second kappa shape index (κ2) is 6.76. The van der Waals surface area contributed by atoms with Gasteiger partial charge in [0.2, 0.25) is 0 Å². The number of hydrogen-bond acceptors (Lipinski definition) is 1. The number of benzene rings is 2. The largest absolute Gasteiger partial charge is 0.306 e. The topological polar surface area (TPSA) is 12.0 Å². The van der Waals surface area contributed by atoms with Crippen LogP contribution in [0, 0.1) is 0 Å². The summed E-state index contributed by atoms with van der Waals surface area (Å²) in [5, 5.41) is 4.92. The molecule has 1 atom stereocenters. The van der Waals surface area contributed by atoms with Gasteiger partial charge in [-0.05, 0) is 51.8 Å². The van der Waals surface area contributed by atoms with Crippen LogP contribution in [-0.4, -0.2) is 6.54 Å². The fourth-order valence-corrected chi connectivity index (χ4v) is 2.77. The van der Waals surface area contributed by atoms with Crippen molar-refractivity contribution in [3.8, 4) is 0 Å². The molecule has 2 aromatic carbocycles. The lowest BCUT2D eigenvalue weighted by Crippen LogP contribution is -2.22. The lowest BCUT2D eigenvalue weighted by molar-refractivity contribution is 0.630. The van der Waals surface area contributed by atoms with E-state index in [4.69, 9.17) is 23.2 Å². The summed E-state index contributed by atoms with van der Waals surface area (Å²) in [5.41, 5.74) is 2.20. The standard InChI is InChI=1S/C15H14BrCl2N/c1-2-19-15(11-5-3-4-6-13(11)17)10-7-8-14(18)12(16)9-10/h3-9,15,19H,2H2,1H3. The van der Waals surface area contributed by atoms with Gasteiger partial charge in [0.25, 0.3) is 0 Å². The minimum absolute atomic E-state index is 0.0623. The van der Waals surface area contributed by atoms with Crippen LogP contribution in [0.1, 0.15) is 24.1 Å². The van der Waals surface area contributed by atoms with Gasteiger partial charge in [-0.1, -0.05) is 54.4 Å². The Morgan fingerprint density at radius 3 is 2.47 bits per heavy atom. The Morgan fingerprint density at radius 2 is 1.84 bits per heavy atom. The van der Waals surface area contributed by atoms with Crippen LogP contribution in [-0.2, 0) is 0 Å². The summed E-state index contributed by atoms with van der Waals surface area (Å²) in [6.45, 7) is 2.94. The number of halogens is 3. The van der Waals surface area contributed by atoms with Crippen molar-refractivity contribution >= 4 is 39.1 Å². The van der Waals surface area contributed by atoms with Crippen LogP contribution in [0.25, 0.3) is 0 Å². The minimum atomic E-state index is 0.0623. The van der Waals surface area contributed by atoms with E-state index >= 15 is 0 Å². The zero-order valence-corrected chi connectivity index (χ0v) is 13.6. The van der Waals surface area contributed by atoms with Crippen molar-refractivity contribution in [3.05, 3.63) is 68.1 Å². The quantitative estimate of drug-likeness (QED) is 0.765. The molecule has 0 aliphatic carbocycles. The summed E-state index contributed by atoms with van der Waals surface area (Å²) in [6, 6.07) is 13.9. The summed E-state index contributed by atoms with van der Waals surface area (Å²) in [6.07, 6.45) is 0. The molecule has 1 unspecified atom stereocenters. The van der Waals surface area contributed by atoms with Gasteiger partial charge in [-0.3, -0.25) is 0 Å². The summed E-state index contributed by atoms with van der Waals surface area (Å²) in [5.74, 6) is 0. The van der Waals surface area contributed by atoms with Crippen LogP contribution in [0.4, 0.5) is 0 Å². The highest BCUT2D eigenvalue weighted by Gasteiger charge is 2.16. The van der Waals surface area contributed by atoms with Crippen molar-refractivity contribution in [2.75, 3.05) is 6.54 Å². The molecule has 0 fully saturated rings. The van der Waals surface area contributed by atoms with E-state index in [0.29, 0.717) is 5.02 Å². The van der Waals surface area contributed by atoms with Crippen molar-refractivity contribution in [2.24, 2.45) is 0 Å². The molecule has 0 aromatic heterocycles. The van der Waals surface area contributed by atoms with Gasteiger partial charge in [0.15, 0.2) is 0 Å². The van der Waals surface area contributed by atoms with E-state index in [1.165, 1.54) is 0 Å². The SMILES string of the molecule is CCNC(c1ccc(Cl)c(Br)c1)c1ccccc1Cl. The molecule has 2 aromatic rings. The van der Waals surface area contributed by atoms with Crippen LogP contribution >= 0.6 is 39.1 Å². The van der Waals surface area contributed by atoms with Crippen LogP contribution in [0.5, 0.6) is 0 Å². The normalized spacial score (nSPS) is 12.4. The molecule has 0 amide bonds. The molecule has 19 heavy (non-hydrogen) atoms. The van der Waals surface area contributed by atoms with Crippen molar-refractivity contribution in [3.63, 3.8) is 0 Å². The maximum Gasteiger partial charge on any atom is 0.0591 e. The van der Waals surface area contributed by atoms with Gasteiger partial charge in [0.1, 0.15) is 0 Å². The summed E-state index contributed by atoms with van der Waals surface area (Å²) < 4.78 is 0.890. The Morgan fingerprint density at radius 1 is 1.11 bits per heavy atom. The highest BCUT2D eigenvalue weighted by Crippen LogP contribution is 2.32. The molecule has 1 nitrogen and oxygen atoms in total. The molecule has 0 bridgehead atoms. The molecule has 0 radical (unpaired) electrons. The fraction of sp³-hybridized carbons (Fsp3) is 0.200. The molecule has 0 aliphatic heterocycles. The van der Waals surface area contributed by atoms with Gasteiger partial charge in [-0.15, -0.1) is 0 Å². The van der Waals surface area contributed by atoms with E-state index in [2.05, 4.69) is 28.2 Å². The predicted molar refractivity (Wildman–Crippen MR) is 86.1 cm³/mol. The van der Waals surface area contributed by atoms with Gasteiger partial charge in [-0.2, -0.15) is 0 Å².